The summed E-state index contributed by atoms with van der Waals surface area (Å²) in [5.74, 6) is -1.18. The van der Waals surface area contributed by atoms with Gasteiger partial charge in [0.25, 0.3) is 6.43 Å². The highest BCUT2D eigenvalue weighted by atomic mass is 19.3. The first-order valence-corrected chi connectivity index (χ1v) is 3.58. The van der Waals surface area contributed by atoms with Crippen molar-refractivity contribution in [1.29, 1.82) is 5.26 Å². The highest BCUT2D eigenvalue weighted by Crippen LogP contribution is 2.22. The van der Waals surface area contributed by atoms with Gasteiger partial charge in [-0.15, -0.1) is 0 Å². The minimum atomic E-state index is -3.01. The lowest BCUT2D eigenvalue weighted by molar-refractivity contribution is 0.144. The molecule has 0 unspecified atom stereocenters. The van der Waals surface area contributed by atoms with Gasteiger partial charge in [-0.25, -0.2) is 13.8 Å². The third-order valence-electron chi connectivity index (χ3n) is 1.58. The summed E-state index contributed by atoms with van der Waals surface area (Å²) in [7, 11) is 0. The van der Waals surface area contributed by atoms with Crippen LogP contribution in [-0.4, -0.2) is 10.1 Å². The Bertz CT molecular complexity index is 387. The van der Waals surface area contributed by atoms with Crippen LogP contribution in [0.15, 0.2) is 6.07 Å². The van der Waals surface area contributed by atoms with Crippen LogP contribution in [0.5, 0.6) is 0 Å². The Morgan fingerprint density at radius 1 is 1.57 bits per heavy atom. The number of hydrogen-bond acceptors (Lipinski definition) is 3. The van der Waals surface area contributed by atoms with Crippen LogP contribution in [-0.2, 0) is 6.61 Å². The Morgan fingerprint density at radius 2 is 2.21 bits per heavy atom. The third-order valence-corrected chi connectivity index (χ3v) is 1.58. The van der Waals surface area contributed by atoms with Gasteiger partial charge in [-0.3, -0.25) is 0 Å². The molecule has 1 aromatic rings. The molecule has 1 rings (SSSR count). The molecule has 0 saturated carbocycles. The number of halogens is 3. The number of aromatic nitrogens is 1. The number of alkyl halides is 2. The van der Waals surface area contributed by atoms with Crippen molar-refractivity contribution in [3.05, 3.63) is 28.8 Å². The van der Waals surface area contributed by atoms with E-state index in [0.717, 1.165) is 6.07 Å². The summed E-state index contributed by atoms with van der Waals surface area (Å²) in [6.07, 6.45) is -3.01. The van der Waals surface area contributed by atoms with Crippen molar-refractivity contribution in [3.8, 4) is 6.07 Å². The minimum absolute atomic E-state index is 0.272. The quantitative estimate of drug-likeness (QED) is 0.739. The molecule has 0 bridgehead atoms. The van der Waals surface area contributed by atoms with Crippen molar-refractivity contribution < 1.29 is 18.3 Å². The molecule has 0 spiro atoms. The van der Waals surface area contributed by atoms with E-state index in [0.29, 0.717) is 0 Å². The van der Waals surface area contributed by atoms with Crippen molar-refractivity contribution in [3.63, 3.8) is 0 Å². The van der Waals surface area contributed by atoms with Gasteiger partial charge in [0.15, 0.2) is 0 Å². The average molecular weight is 202 g/mol. The maximum atomic E-state index is 12.8. The molecular formula is C8H5F3N2O. The number of aliphatic hydroxyl groups is 1. The molecule has 0 aliphatic rings. The van der Waals surface area contributed by atoms with E-state index in [2.05, 4.69) is 4.98 Å². The Morgan fingerprint density at radius 3 is 2.64 bits per heavy atom. The summed E-state index contributed by atoms with van der Waals surface area (Å²) >= 11 is 0. The number of aliphatic hydroxyl groups excluding tert-OH is 1. The predicted octanol–water partition coefficient (Wildman–Crippen LogP) is 1.52. The Balaban J connectivity index is 3.33. The standard InChI is InChI=1S/C8H5F3N2O/c9-7(10)6-4(2-12)1-5(3-14)8(11)13-6/h1,7,14H,3H2. The molecule has 0 saturated heterocycles. The number of nitrogens with zero attached hydrogens (tertiary/aromatic N) is 2. The fourth-order valence-electron chi connectivity index (χ4n) is 0.912. The molecule has 0 aliphatic carbocycles. The maximum absolute atomic E-state index is 12.8. The SMILES string of the molecule is N#Cc1cc(CO)c(F)nc1C(F)F. The molecule has 0 radical (unpaired) electrons. The van der Waals surface area contributed by atoms with E-state index in [1.165, 1.54) is 6.07 Å². The smallest absolute Gasteiger partial charge is 0.281 e. The highest BCUT2D eigenvalue weighted by Gasteiger charge is 2.18. The van der Waals surface area contributed by atoms with Crippen LogP contribution in [0.4, 0.5) is 13.2 Å². The molecule has 0 fully saturated rings. The van der Waals surface area contributed by atoms with Crippen molar-refractivity contribution in [1.82, 2.24) is 4.98 Å². The molecular weight excluding hydrogens is 197 g/mol. The van der Waals surface area contributed by atoms with Crippen molar-refractivity contribution >= 4 is 0 Å². The van der Waals surface area contributed by atoms with E-state index < -0.39 is 30.2 Å². The first-order valence-electron chi connectivity index (χ1n) is 3.58. The monoisotopic (exact) mass is 202 g/mol. The first kappa shape index (κ1) is 10.5. The predicted molar refractivity (Wildman–Crippen MR) is 39.8 cm³/mol. The van der Waals surface area contributed by atoms with E-state index in [9.17, 15) is 13.2 Å². The van der Waals surface area contributed by atoms with Crippen LogP contribution in [0, 0.1) is 17.3 Å². The second kappa shape index (κ2) is 4.07. The summed E-state index contributed by atoms with van der Waals surface area (Å²) in [6.45, 7) is -0.684. The van der Waals surface area contributed by atoms with E-state index in [4.69, 9.17) is 10.4 Å². The van der Waals surface area contributed by atoms with Gasteiger partial charge < -0.3 is 5.11 Å². The summed E-state index contributed by atoms with van der Waals surface area (Å²) in [5, 5.41) is 17.0. The van der Waals surface area contributed by atoms with Gasteiger partial charge in [0, 0.05) is 5.56 Å². The number of rotatable bonds is 2. The summed E-state index contributed by atoms with van der Waals surface area (Å²) in [4.78, 5) is 2.92. The van der Waals surface area contributed by atoms with Gasteiger partial charge >= 0.3 is 0 Å². The highest BCUT2D eigenvalue weighted by molar-refractivity contribution is 5.36. The van der Waals surface area contributed by atoms with Crippen LogP contribution in [0.25, 0.3) is 0 Å². The zero-order valence-electron chi connectivity index (χ0n) is 6.84. The minimum Gasteiger partial charge on any atom is -0.392 e. The van der Waals surface area contributed by atoms with Gasteiger partial charge in [-0.05, 0) is 6.07 Å². The largest absolute Gasteiger partial charge is 0.392 e. The first-order chi connectivity index (χ1) is 6.60. The van der Waals surface area contributed by atoms with Crippen LogP contribution < -0.4 is 0 Å². The number of nitriles is 1. The van der Waals surface area contributed by atoms with Crippen LogP contribution >= 0.6 is 0 Å². The zero-order chi connectivity index (χ0) is 10.7. The van der Waals surface area contributed by atoms with Crippen LogP contribution in [0.2, 0.25) is 0 Å². The van der Waals surface area contributed by atoms with Gasteiger partial charge in [-0.2, -0.15) is 9.65 Å². The van der Waals surface area contributed by atoms with Crippen molar-refractivity contribution in [2.45, 2.75) is 13.0 Å². The lowest BCUT2D eigenvalue weighted by Gasteiger charge is -2.04. The van der Waals surface area contributed by atoms with Crippen LogP contribution in [0.1, 0.15) is 23.2 Å². The van der Waals surface area contributed by atoms with E-state index >= 15 is 0 Å². The second-order valence-electron chi connectivity index (χ2n) is 2.44. The zero-order valence-corrected chi connectivity index (χ0v) is 6.84. The van der Waals surface area contributed by atoms with E-state index in [-0.39, 0.29) is 5.56 Å². The Labute approximate surface area is 77.4 Å². The van der Waals surface area contributed by atoms with Gasteiger partial charge in [0.1, 0.15) is 11.8 Å². The lowest BCUT2D eigenvalue weighted by atomic mass is 10.1. The molecule has 1 aromatic heterocycles. The molecule has 0 amide bonds. The molecule has 1 heterocycles. The molecule has 74 valence electrons. The molecule has 14 heavy (non-hydrogen) atoms. The third kappa shape index (κ3) is 1.83. The molecule has 1 N–H and O–H groups in total. The Kier molecular flexibility index (Phi) is 3.04. The van der Waals surface area contributed by atoms with Crippen LogP contribution in [0.3, 0.4) is 0 Å². The maximum Gasteiger partial charge on any atom is 0.281 e. The number of pyridine rings is 1. The van der Waals surface area contributed by atoms with Crippen molar-refractivity contribution in [2.24, 2.45) is 0 Å². The summed E-state index contributed by atoms with van der Waals surface area (Å²) < 4.78 is 37.2. The molecule has 0 aliphatic heterocycles. The van der Waals surface area contributed by atoms with Gasteiger partial charge in [-0.1, -0.05) is 0 Å². The molecule has 0 aromatic carbocycles. The average Bonchev–Trinajstić information content (AvgIpc) is 2.17. The second-order valence-corrected chi connectivity index (χ2v) is 2.44. The topological polar surface area (TPSA) is 56.9 Å². The molecule has 3 nitrogen and oxygen atoms in total. The van der Waals surface area contributed by atoms with Gasteiger partial charge in [0.05, 0.1) is 12.2 Å². The molecule has 0 atom stereocenters. The molecule has 6 heteroatoms. The van der Waals surface area contributed by atoms with Gasteiger partial charge in [0.2, 0.25) is 5.95 Å². The van der Waals surface area contributed by atoms with Crippen molar-refractivity contribution in [2.75, 3.05) is 0 Å². The fourth-order valence-corrected chi connectivity index (χ4v) is 0.912. The van der Waals surface area contributed by atoms with E-state index in [1.807, 2.05) is 0 Å². The summed E-state index contributed by atoms with van der Waals surface area (Å²) in [6, 6.07) is 2.32. The lowest BCUT2D eigenvalue weighted by Crippen LogP contribution is -2.02. The Hall–Kier alpha value is -1.61. The van der Waals surface area contributed by atoms with E-state index in [1.54, 1.807) is 0 Å². The number of hydrogen-bond donors (Lipinski definition) is 1. The fraction of sp³-hybridized carbons (Fsp3) is 0.250. The summed E-state index contributed by atoms with van der Waals surface area (Å²) in [5.41, 5.74) is -1.60. The normalized spacial score (nSPS) is 10.3.